The lowest BCUT2D eigenvalue weighted by Gasteiger charge is -2.23. The molecule has 0 aliphatic rings. The molecule has 0 unspecified atom stereocenters. The van der Waals surface area contributed by atoms with Gasteiger partial charge < -0.3 is 15.0 Å². The molecular formula is C9H18ClN3O2. The fourth-order valence-electron chi connectivity index (χ4n) is 0.964. The van der Waals surface area contributed by atoms with E-state index in [1.807, 2.05) is 20.8 Å². The summed E-state index contributed by atoms with van der Waals surface area (Å²) in [6.07, 6.45) is 0. The highest BCUT2D eigenvalue weighted by Crippen LogP contribution is 2.28. The first kappa shape index (κ1) is 14.3. The number of rotatable bonds is 3. The second-order valence-electron chi connectivity index (χ2n) is 4.32. The Morgan fingerprint density at radius 1 is 1.47 bits per heavy atom. The first-order valence-electron chi connectivity index (χ1n) is 4.52. The van der Waals surface area contributed by atoms with Gasteiger partial charge in [-0.3, -0.25) is 0 Å². The summed E-state index contributed by atoms with van der Waals surface area (Å²) >= 11 is 0. The van der Waals surface area contributed by atoms with Crippen LogP contribution >= 0.6 is 12.4 Å². The third-order valence-electron chi connectivity index (χ3n) is 1.96. The highest BCUT2D eigenvalue weighted by molar-refractivity contribution is 5.85. The minimum Gasteiger partial charge on any atom is -0.375 e. The summed E-state index contributed by atoms with van der Waals surface area (Å²) in [6, 6.07) is -0.225. The van der Waals surface area contributed by atoms with Crippen LogP contribution in [0.3, 0.4) is 0 Å². The molecule has 0 radical (unpaired) electrons. The Labute approximate surface area is 95.8 Å². The summed E-state index contributed by atoms with van der Waals surface area (Å²) in [7, 11) is 1.58. The lowest BCUT2D eigenvalue weighted by molar-refractivity contribution is 0.151. The largest absolute Gasteiger partial charge is 0.375 e. The zero-order valence-electron chi connectivity index (χ0n) is 9.48. The van der Waals surface area contributed by atoms with Crippen molar-refractivity contribution in [3.8, 4) is 0 Å². The quantitative estimate of drug-likeness (QED) is 0.863. The molecule has 0 saturated carbocycles. The van der Waals surface area contributed by atoms with Crippen LogP contribution in [0.15, 0.2) is 4.52 Å². The van der Waals surface area contributed by atoms with Crippen molar-refractivity contribution in [1.29, 1.82) is 0 Å². The van der Waals surface area contributed by atoms with E-state index < -0.39 is 0 Å². The van der Waals surface area contributed by atoms with Crippen LogP contribution in [0.5, 0.6) is 0 Å². The molecule has 2 N–H and O–H groups in total. The molecule has 1 aromatic rings. The molecule has 0 fully saturated rings. The van der Waals surface area contributed by atoms with Crippen LogP contribution in [0.1, 0.15) is 38.5 Å². The second-order valence-corrected chi connectivity index (χ2v) is 4.32. The monoisotopic (exact) mass is 235 g/mol. The normalized spacial score (nSPS) is 13.4. The molecule has 0 amide bonds. The van der Waals surface area contributed by atoms with E-state index in [1.165, 1.54) is 0 Å². The van der Waals surface area contributed by atoms with Crippen LogP contribution in [0.4, 0.5) is 0 Å². The van der Waals surface area contributed by atoms with Crippen molar-refractivity contribution in [1.82, 2.24) is 10.1 Å². The van der Waals surface area contributed by atoms with Gasteiger partial charge in [0.05, 0.1) is 6.04 Å². The number of aromatic nitrogens is 2. The average molecular weight is 236 g/mol. The van der Waals surface area contributed by atoms with E-state index in [-0.39, 0.29) is 23.9 Å². The lowest BCUT2D eigenvalue weighted by atomic mass is 9.87. The smallest absolute Gasteiger partial charge is 0.252 e. The van der Waals surface area contributed by atoms with Crippen molar-refractivity contribution in [2.24, 2.45) is 11.1 Å². The van der Waals surface area contributed by atoms with Crippen LogP contribution in [0.25, 0.3) is 0 Å². The first-order valence-corrected chi connectivity index (χ1v) is 4.52. The topological polar surface area (TPSA) is 74.2 Å². The van der Waals surface area contributed by atoms with E-state index in [4.69, 9.17) is 15.0 Å². The molecule has 5 nitrogen and oxygen atoms in total. The number of hydrogen-bond donors (Lipinski definition) is 1. The van der Waals surface area contributed by atoms with Gasteiger partial charge in [-0.15, -0.1) is 12.4 Å². The zero-order valence-corrected chi connectivity index (χ0v) is 10.3. The van der Waals surface area contributed by atoms with Gasteiger partial charge in [-0.25, -0.2) is 0 Å². The van der Waals surface area contributed by atoms with Gasteiger partial charge in [-0.2, -0.15) is 4.98 Å². The highest BCUT2D eigenvalue weighted by atomic mass is 35.5. The van der Waals surface area contributed by atoms with E-state index >= 15 is 0 Å². The molecule has 1 aromatic heterocycles. The summed E-state index contributed by atoms with van der Waals surface area (Å²) in [6.45, 7) is 6.42. The fraction of sp³-hybridized carbons (Fsp3) is 0.778. The summed E-state index contributed by atoms with van der Waals surface area (Å²) in [5.41, 5.74) is 5.88. The summed E-state index contributed by atoms with van der Waals surface area (Å²) < 4.78 is 9.82. The van der Waals surface area contributed by atoms with Crippen LogP contribution in [-0.4, -0.2) is 17.3 Å². The van der Waals surface area contributed by atoms with Crippen molar-refractivity contribution in [2.75, 3.05) is 7.11 Å². The Balaban J connectivity index is 0.00000196. The van der Waals surface area contributed by atoms with Gasteiger partial charge in [0.15, 0.2) is 5.82 Å². The van der Waals surface area contributed by atoms with E-state index in [0.717, 1.165) is 0 Å². The van der Waals surface area contributed by atoms with Crippen LogP contribution in [0, 0.1) is 5.41 Å². The molecule has 88 valence electrons. The number of ether oxygens (including phenoxy) is 1. The van der Waals surface area contributed by atoms with E-state index in [9.17, 15) is 0 Å². The summed E-state index contributed by atoms with van der Waals surface area (Å²) in [4.78, 5) is 4.14. The van der Waals surface area contributed by atoms with Crippen molar-refractivity contribution in [2.45, 2.75) is 33.4 Å². The third kappa shape index (κ3) is 3.77. The number of halogens is 1. The first-order chi connectivity index (χ1) is 6.45. The second kappa shape index (κ2) is 5.44. The van der Waals surface area contributed by atoms with E-state index in [2.05, 4.69) is 10.1 Å². The molecule has 0 bridgehead atoms. The molecule has 0 spiro atoms. The van der Waals surface area contributed by atoms with Gasteiger partial charge in [-0.1, -0.05) is 25.9 Å². The van der Waals surface area contributed by atoms with Crippen molar-refractivity contribution >= 4 is 12.4 Å². The van der Waals surface area contributed by atoms with Crippen molar-refractivity contribution in [3.05, 3.63) is 11.7 Å². The molecule has 1 atom stereocenters. The molecule has 0 saturated heterocycles. The van der Waals surface area contributed by atoms with Crippen LogP contribution in [-0.2, 0) is 11.3 Å². The Kier molecular flexibility index (Phi) is 5.20. The number of nitrogens with zero attached hydrogens (tertiary/aromatic N) is 2. The van der Waals surface area contributed by atoms with E-state index in [0.29, 0.717) is 18.3 Å². The SMILES string of the molecule is COCc1nc([C@@H](N)C(C)(C)C)no1.Cl. The summed E-state index contributed by atoms with van der Waals surface area (Å²) in [5.74, 6) is 0.992. The molecule has 6 heteroatoms. The fourth-order valence-corrected chi connectivity index (χ4v) is 0.964. The molecule has 15 heavy (non-hydrogen) atoms. The standard InChI is InChI=1S/C9H17N3O2.ClH/c1-9(2,3)7(10)8-11-6(5-13-4)14-12-8;/h7H,5,10H2,1-4H3;1H/t7-;/m1./s1. The summed E-state index contributed by atoms with van der Waals surface area (Å²) in [5, 5.41) is 3.81. The van der Waals surface area contributed by atoms with Crippen molar-refractivity contribution in [3.63, 3.8) is 0 Å². The lowest BCUT2D eigenvalue weighted by Crippen LogP contribution is -2.27. The molecular weight excluding hydrogens is 218 g/mol. The predicted octanol–water partition coefficient (Wildman–Crippen LogP) is 1.68. The highest BCUT2D eigenvalue weighted by Gasteiger charge is 2.26. The van der Waals surface area contributed by atoms with Crippen LogP contribution in [0.2, 0.25) is 0 Å². The molecule has 1 rings (SSSR count). The maximum absolute atomic E-state index is 5.96. The van der Waals surface area contributed by atoms with Gasteiger partial charge >= 0.3 is 0 Å². The van der Waals surface area contributed by atoms with Gasteiger partial charge in [0.25, 0.3) is 5.89 Å². The predicted molar refractivity (Wildman–Crippen MR) is 58.6 cm³/mol. The number of nitrogens with two attached hydrogens (primary N) is 1. The zero-order chi connectivity index (χ0) is 10.8. The maximum atomic E-state index is 5.96. The van der Waals surface area contributed by atoms with Gasteiger partial charge in [0, 0.05) is 7.11 Å². The minimum atomic E-state index is -0.225. The molecule has 0 aromatic carbocycles. The number of hydrogen-bond acceptors (Lipinski definition) is 5. The Bertz CT molecular complexity index is 296. The molecule has 0 aliphatic carbocycles. The Morgan fingerprint density at radius 3 is 2.53 bits per heavy atom. The van der Waals surface area contributed by atoms with Crippen LogP contribution < -0.4 is 5.73 Å². The average Bonchev–Trinajstić information content (AvgIpc) is 2.50. The molecule has 0 aliphatic heterocycles. The van der Waals surface area contributed by atoms with Gasteiger partial charge in [-0.05, 0) is 5.41 Å². The van der Waals surface area contributed by atoms with Crippen molar-refractivity contribution < 1.29 is 9.26 Å². The van der Waals surface area contributed by atoms with Gasteiger partial charge in [0.2, 0.25) is 0 Å². The van der Waals surface area contributed by atoms with Gasteiger partial charge in [0.1, 0.15) is 6.61 Å². The minimum absolute atomic E-state index is 0. The van der Waals surface area contributed by atoms with E-state index in [1.54, 1.807) is 7.11 Å². The number of methoxy groups -OCH3 is 1. The molecule has 1 heterocycles. The Hall–Kier alpha value is -0.650. The maximum Gasteiger partial charge on any atom is 0.252 e. The third-order valence-corrected chi connectivity index (χ3v) is 1.96. The Morgan fingerprint density at radius 2 is 2.07 bits per heavy atom.